The lowest BCUT2D eigenvalue weighted by atomic mass is 10.1. The van der Waals surface area contributed by atoms with Crippen molar-refractivity contribution in [3.8, 4) is 0 Å². The molecule has 0 unspecified atom stereocenters. The van der Waals surface area contributed by atoms with Gasteiger partial charge in [-0.2, -0.15) is 13.2 Å². The Labute approximate surface area is 143 Å². The first-order chi connectivity index (χ1) is 11.1. The molecular weight excluding hydrogens is 401 g/mol. The van der Waals surface area contributed by atoms with Gasteiger partial charge in [-0.1, -0.05) is 28.1 Å². The molecule has 11 heteroatoms. The van der Waals surface area contributed by atoms with E-state index in [9.17, 15) is 17.6 Å². The number of aliphatic imine (C=N–C) groups is 1. The van der Waals surface area contributed by atoms with E-state index in [1.807, 2.05) is 18.2 Å². The van der Waals surface area contributed by atoms with Crippen LogP contribution in [0.1, 0.15) is 11.1 Å². The summed E-state index contributed by atoms with van der Waals surface area (Å²) >= 11 is 3.42. The van der Waals surface area contributed by atoms with Gasteiger partial charge in [0.25, 0.3) is 0 Å². The Morgan fingerprint density at radius 3 is 2.33 bits per heavy atom. The van der Waals surface area contributed by atoms with Crippen molar-refractivity contribution in [3.63, 3.8) is 0 Å². The van der Waals surface area contributed by atoms with Crippen LogP contribution in [0.5, 0.6) is 0 Å². The third kappa shape index (κ3) is 10.0. The number of nitrogens with zero attached hydrogens (tertiary/aromatic N) is 1. The molecule has 1 aromatic carbocycles. The minimum atomic E-state index is -5.08. The van der Waals surface area contributed by atoms with Gasteiger partial charge in [-0.05, 0) is 17.2 Å². The number of carboxylic acid groups (broad SMARTS) is 1. The molecule has 0 heterocycles. The van der Waals surface area contributed by atoms with Crippen molar-refractivity contribution in [2.45, 2.75) is 19.3 Å². The van der Waals surface area contributed by atoms with E-state index in [-0.39, 0.29) is 12.6 Å². The van der Waals surface area contributed by atoms with Gasteiger partial charge in [-0.25, -0.2) is 14.2 Å². The second kappa shape index (κ2) is 10.8. The summed E-state index contributed by atoms with van der Waals surface area (Å²) in [5, 5.41) is 7.12. The van der Waals surface area contributed by atoms with E-state index < -0.39 is 18.8 Å². The number of carboxylic acids is 1. The van der Waals surface area contributed by atoms with Crippen LogP contribution in [0.15, 0.2) is 27.7 Å². The van der Waals surface area contributed by atoms with Gasteiger partial charge in [0.15, 0.2) is 5.96 Å². The number of hydrogen-bond acceptors (Lipinski definition) is 3. The van der Waals surface area contributed by atoms with Crippen molar-refractivity contribution in [2.24, 2.45) is 16.5 Å². The molecule has 6 nitrogen and oxygen atoms in total. The zero-order valence-corrected chi connectivity index (χ0v) is 13.9. The highest BCUT2D eigenvalue weighted by Gasteiger charge is 2.38. The minimum absolute atomic E-state index is 0.0662. The summed E-state index contributed by atoms with van der Waals surface area (Å²) in [5.74, 6) is -2.69. The summed E-state index contributed by atoms with van der Waals surface area (Å²) in [4.78, 5) is 12.8. The molecule has 0 aromatic heterocycles. The lowest BCUT2D eigenvalue weighted by Gasteiger charge is -2.06. The van der Waals surface area contributed by atoms with Crippen LogP contribution in [-0.4, -0.2) is 36.5 Å². The molecule has 0 bridgehead atoms. The zero-order valence-electron chi connectivity index (χ0n) is 12.3. The van der Waals surface area contributed by atoms with E-state index in [0.29, 0.717) is 13.2 Å². The van der Waals surface area contributed by atoms with Gasteiger partial charge in [0.05, 0.1) is 19.8 Å². The first kappa shape index (κ1) is 22.1. The van der Waals surface area contributed by atoms with Gasteiger partial charge in [0, 0.05) is 4.47 Å². The van der Waals surface area contributed by atoms with Gasteiger partial charge in [0.2, 0.25) is 0 Å². The molecule has 0 atom stereocenters. The number of hydrogen-bond donors (Lipinski definition) is 3. The second-order valence-corrected chi connectivity index (χ2v) is 5.07. The Bertz CT molecular complexity index is 564. The molecule has 0 aliphatic heterocycles. The quantitative estimate of drug-likeness (QED) is 0.285. The van der Waals surface area contributed by atoms with Crippen LogP contribution in [0.4, 0.5) is 17.6 Å². The lowest BCUT2D eigenvalue weighted by molar-refractivity contribution is -0.192. The van der Waals surface area contributed by atoms with E-state index in [4.69, 9.17) is 26.1 Å². The van der Waals surface area contributed by atoms with Crippen molar-refractivity contribution >= 4 is 27.9 Å². The average molecular weight is 417 g/mol. The molecule has 0 aliphatic carbocycles. The lowest BCUT2D eigenvalue weighted by Crippen LogP contribution is -2.22. The number of halogens is 5. The van der Waals surface area contributed by atoms with Crippen LogP contribution in [0, 0.1) is 0 Å². The Kier molecular flexibility index (Phi) is 9.97. The average Bonchev–Trinajstić information content (AvgIpc) is 2.47. The number of aliphatic carboxylic acids is 1. The number of carbonyl (C=O) groups is 1. The Balaban J connectivity index is 0.000000640. The Hall–Kier alpha value is -1.88. The van der Waals surface area contributed by atoms with E-state index >= 15 is 0 Å². The summed E-state index contributed by atoms with van der Waals surface area (Å²) in [6.45, 7) is 0.460. The van der Waals surface area contributed by atoms with Gasteiger partial charge in [-0.15, -0.1) is 0 Å². The SMILES string of the molecule is NC(N)=NCc1ccc(COCC[18F])c(Br)c1.O=C(O)C(F)(F)F. The molecule has 136 valence electrons. The highest BCUT2D eigenvalue weighted by Crippen LogP contribution is 2.20. The summed E-state index contributed by atoms with van der Waals surface area (Å²) < 4.78 is 49.6. The fourth-order valence-electron chi connectivity index (χ4n) is 1.23. The van der Waals surface area contributed by atoms with Crippen molar-refractivity contribution in [3.05, 3.63) is 33.8 Å². The predicted molar refractivity (Wildman–Crippen MR) is 83.0 cm³/mol. The fourth-order valence-corrected chi connectivity index (χ4v) is 1.77. The van der Waals surface area contributed by atoms with Gasteiger partial charge >= 0.3 is 12.1 Å². The monoisotopic (exact) mass is 416 g/mol. The molecule has 24 heavy (non-hydrogen) atoms. The Morgan fingerprint density at radius 2 is 1.92 bits per heavy atom. The normalized spacial score (nSPS) is 10.5. The topological polar surface area (TPSA) is 111 Å². The second-order valence-electron chi connectivity index (χ2n) is 4.21. The van der Waals surface area contributed by atoms with Crippen molar-refractivity contribution in [1.29, 1.82) is 0 Å². The molecular formula is C13H16BrF4N3O3. The molecule has 0 radical (unpaired) electrons. The van der Waals surface area contributed by atoms with Crippen LogP contribution < -0.4 is 11.5 Å². The van der Waals surface area contributed by atoms with Crippen LogP contribution in [0.3, 0.4) is 0 Å². The molecule has 1 rings (SSSR count). The van der Waals surface area contributed by atoms with Crippen molar-refractivity contribution < 1.29 is 32.2 Å². The first-order valence-corrected chi connectivity index (χ1v) is 7.13. The number of rotatable bonds is 6. The number of nitrogens with two attached hydrogens (primary N) is 2. The molecule has 0 saturated heterocycles. The zero-order chi connectivity index (χ0) is 18.8. The highest BCUT2D eigenvalue weighted by atomic mass is 79.9. The largest absolute Gasteiger partial charge is 0.490 e. The van der Waals surface area contributed by atoms with Gasteiger partial charge < -0.3 is 21.3 Å². The minimum Gasteiger partial charge on any atom is -0.475 e. The summed E-state index contributed by atoms with van der Waals surface area (Å²) in [7, 11) is 0. The van der Waals surface area contributed by atoms with Gasteiger partial charge in [0.1, 0.15) is 6.67 Å². The fraction of sp³-hybridized carbons (Fsp3) is 0.385. The van der Waals surface area contributed by atoms with Crippen LogP contribution in [-0.2, 0) is 22.7 Å². The van der Waals surface area contributed by atoms with E-state index in [2.05, 4.69) is 20.9 Å². The maximum absolute atomic E-state index is 11.9. The molecule has 1 aromatic rings. The molecule has 0 saturated carbocycles. The van der Waals surface area contributed by atoms with E-state index in [1.165, 1.54) is 0 Å². The summed E-state index contributed by atoms with van der Waals surface area (Å²) in [6, 6.07) is 5.73. The molecule has 0 aliphatic rings. The third-order valence-electron chi connectivity index (χ3n) is 2.28. The first-order valence-electron chi connectivity index (χ1n) is 6.34. The number of guanidine groups is 1. The highest BCUT2D eigenvalue weighted by molar-refractivity contribution is 9.10. The van der Waals surface area contributed by atoms with Crippen molar-refractivity contribution in [1.82, 2.24) is 0 Å². The molecule has 0 spiro atoms. The number of alkyl halides is 4. The predicted octanol–water partition coefficient (Wildman–Crippen LogP) is 2.34. The third-order valence-corrected chi connectivity index (χ3v) is 3.02. The number of ether oxygens (including phenoxy) is 1. The van der Waals surface area contributed by atoms with Gasteiger partial charge in [-0.3, -0.25) is 0 Å². The summed E-state index contributed by atoms with van der Waals surface area (Å²) in [5.41, 5.74) is 12.4. The standard InChI is InChI=1S/C11H15BrFN3O.C2HF3O2/c12-10-5-8(6-16-11(14)15)1-2-9(10)7-17-4-3-13;3-2(4,5)1(6)7/h1-2,5H,3-4,6-7H2,(H4,14,15,16);(H,6,7)/i13-1;. The molecule has 5 N–H and O–H groups in total. The summed E-state index contributed by atoms with van der Waals surface area (Å²) in [6.07, 6.45) is -5.08. The maximum atomic E-state index is 11.9. The van der Waals surface area contributed by atoms with E-state index in [0.717, 1.165) is 15.6 Å². The van der Waals surface area contributed by atoms with Crippen LogP contribution >= 0.6 is 15.9 Å². The molecule has 0 fully saturated rings. The molecule has 0 amide bonds. The smallest absolute Gasteiger partial charge is 0.475 e. The number of benzene rings is 1. The van der Waals surface area contributed by atoms with Crippen molar-refractivity contribution in [2.75, 3.05) is 13.3 Å². The van der Waals surface area contributed by atoms with Crippen LogP contribution in [0.2, 0.25) is 0 Å². The maximum Gasteiger partial charge on any atom is 0.490 e. The van der Waals surface area contributed by atoms with E-state index in [1.54, 1.807) is 0 Å². The Morgan fingerprint density at radius 1 is 1.33 bits per heavy atom. The van der Waals surface area contributed by atoms with Crippen LogP contribution in [0.25, 0.3) is 0 Å².